The van der Waals surface area contributed by atoms with Crippen molar-refractivity contribution in [2.75, 3.05) is 5.75 Å². The third-order valence-corrected chi connectivity index (χ3v) is 4.57. The van der Waals surface area contributed by atoms with E-state index in [-0.39, 0.29) is 5.25 Å². The Balaban J connectivity index is 4.35. The van der Waals surface area contributed by atoms with Crippen molar-refractivity contribution in [3.05, 3.63) is 0 Å². The molecule has 0 spiro atoms. The van der Waals surface area contributed by atoms with Crippen LogP contribution in [0.1, 0.15) is 27.7 Å². The van der Waals surface area contributed by atoms with Gasteiger partial charge in [0.05, 0.1) is 0 Å². The Bertz CT molecular complexity index is 182. The smallest absolute Gasteiger partial charge is 0.0467 e. The maximum absolute atomic E-state index is 11.4. The highest BCUT2D eigenvalue weighted by molar-refractivity contribution is 7.92. The van der Waals surface area contributed by atoms with Gasteiger partial charge in [-0.3, -0.25) is 4.78 Å². The standard InChI is InChI=1S/C7H17NOS/c1-5-10(8,9)7(4)6(2)3/h6-8H,5H2,1-4H3. The first kappa shape index (κ1) is 9.95. The average Bonchev–Trinajstić information content (AvgIpc) is 1.86. The fourth-order valence-electron chi connectivity index (χ4n) is 0.703. The number of rotatable bonds is 3. The highest BCUT2D eigenvalue weighted by atomic mass is 32.2. The molecule has 0 aromatic heterocycles. The minimum Gasteiger partial charge on any atom is -0.253 e. The van der Waals surface area contributed by atoms with E-state index < -0.39 is 9.73 Å². The SMILES string of the molecule is CCS(=N)(=O)C(C)C(C)C. The van der Waals surface area contributed by atoms with Crippen LogP contribution in [0, 0.1) is 10.7 Å². The Morgan fingerprint density at radius 2 is 1.80 bits per heavy atom. The summed E-state index contributed by atoms with van der Waals surface area (Å²) in [5.74, 6) is 0.830. The minimum atomic E-state index is -2.30. The molecule has 3 heteroatoms. The van der Waals surface area contributed by atoms with E-state index in [1.54, 1.807) is 0 Å². The van der Waals surface area contributed by atoms with Crippen molar-refractivity contribution in [3.8, 4) is 0 Å². The van der Waals surface area contributed by atoms with Gasteiger partial charge in [-0.1, -0.05) is 20.8 Å². The zero-order valence-electron chi connectivity index (χ0n) is 7.18. The molecule has 0 aliphatic heterocycles. The molecule has 0 fully saturated rings. The second kappa shape index (κ2) is 3.37. The predicted molar refractivity (Wildman–Crippen MR) is 45.7 cm³/mol. The van der Waals surface area contributed by atoms with Crippen LogP contribution in [0.5, 0.6) is 0 Å². The fourth-order valence-corrected chi connectivity index (χ4v) is 2.11. The Hall–Kier alpha value is -0.0500. The second-order valence-corrected chi connectivity index (χ2v) is 5.74. The van der Waals surface area contributed by atoms with E-state index >= 15 is 0 Å². The van der Waals surface area contributed by atoms with E-state index in [0.717, 1.165) is 0 Å². The van der Waals surface area contributed by atoms with Crippen LogP contribution in [-0.4, -0.2) is 15.2 Å². The monoisotopic (exact) mass is 163 g/mol. The molecule has 0 radical (unpaired) electrons. The van der Waals surface area contributed by atoms with Crippen LogP contribution in [-0.2, 0) is 9.73 Å². The first-order valence-corrected chi connectivity index (χ1v) is 5.46. The maximum atomic E-state index is 11.4. The van der Waals surface area contributed by atoms with Gasteiger partial charge in [0.25, 0.3) is 0 Å². The summed E-state index contributed by atoms with van der Waals surface area (Å²) >= 11 is 0. The first-order chi connectivity index (χ1) is 4.41. The van der Waals surface area contributed by atoms with Gasteiger partial charge in [-0.25, -0.2) is 4.21 Å². The van der Waals surface area contributed by atoms with Gasteiger partial charge in [-0.2, -0.15) is 0 Å². The summed E-state index contributed by atoms with van der Waals surface area (Å²) in [6.45, 7) is 7.72. The third kappa shape index (κ3) is 2.29. The lowest BCUT2D eigenvalue weighted by atomic mass is 10.2. The van der Waals surface area contributed by atoms with Crippen molar-refractivity contribution >= 4 is 9.73 Å². The topological polar surface area (TPSA) is 40.9 Å². The van der Waals surface area contributed by atoms with Gasteiger partial charge in [0.15, 0.2) is 0 Å². The lowest BCUT2D eigenvalue weighted by Crippen LogP contribution is -2.23. The van der Waals surface area contributed by atoms with Crippen molar-refractivity contribution < 1.29 is 4.21 Å². The highest BCUT2D eigenvalue weighted by Gasteiger charge is 2.17. The van der Waals surface area contributed by atoms with Crippen molar-refractivity contribution in [3.63, 3.8) is 0 Å². The Labute approximate surface area is 64.0 Å². The Morgan fingerprint density at radius 3 is 1.90 bits per heavy atom. The summed E-state index contributed by atoms with van der Waals surface area (Å²) in [5, 5.41) is 0.0255. The lowest BCUT2D eigenvalue weighted by molar-refractivity contribution is 0.598. The molecular weight excluding hydrogens is 146 g/mol. The van der Waals surface area contributed by atoms with Gasteiger partial charge >= 0.3 is 0 Å². The van der Waals surface area contributed by atoms with Crippen molar-refractivity contribution in [1.29, 1.82) is 4.78 Å². The number of hydrogen-bond donors (Lipinski definition) is 1. The molecule has 0 aromatic carbocycles. The second-order valence-electron chi connectivity index (χ2n) is 2.96. The van der Waals surface area contributed by atoms with Crippen LogP contribution in [0.3, 0.4) is 0 Å². The van der Waals surface area contributed by atoms with E-state index in [9.17, 15) is 4.21 Å². The fraction of sp³-hybridized carbons (Fsp3) is 1.00. The Kier molecular flexibility index (Phi) is 3.36. The molecule has 0 heterocycles. The summed E-state index contributed by atoms with van der Waals surface area (Å²) in [5.41, 5.74) is 0. The average molecular weight is 163 g/mol. The van der Waals surface area contributed by atoms with Gasteiger partial charge < -0.3 is 0 Å². The first-order valence-electron chi connectivity index (χ1n) is 3.67. The highest BCUT2D eigenvalue weighted by Crippen LogP contribution is 2.12. The molecule has 0 amide bonds. The van der Waals surface area contributed by atoms with Crippen LogP contribution < -0.4 is 0 Å². The van der Waals surface area contributed by atoms with Crippen LogP contribution in [0.4, 0.5) is 0 Å². The molecule has 0 rings (SSSR count). The summed E-state index contributed by atoms with van der Waals surface area (Å²) < 4.78 is 18.8. The van der Waals surface area contributed by atoms with Gasteiger partial charge in [-0.05, 0) is 12.8 Å². The molecule has 2 atom stereocenters. The molecule has 1 N–H and O–H groups in total. The molecular formula is C7H17NOS. The van der Waals surface area contributed by atoms with Gasteiger partial charge in [0, 0.05) is 20.7 Å². The largest absolute Gasteiger partial charge is 0.253 e. The van der Waals surface area contributed by atoms with Gasteiger partial charge in [-0.15, -0.1) is 0 Å². The molecule has 2 nitrogen and oxygen atoms in total. The molecule has 62 valence electrons. The quantitative estimate of drug-likeness (QED) is 0.680. The van der Waals surface area contributed by atoms with Gasteiger partial charge in [0.1, 0.15) is 0 Å². The summed E-state index contributed by atoms with van der Waals surface area (Å²) in [4.78, 5) is 0. The van der Waals surface area contributed by atoms with E-state index in [4.69, 9.17) is 4.78 Å². The van der Waals surface area contributed by atoms with E-state index in [2.05, 4.69) is 0 Å². The molecule has 0 aliphatic carbocycles. The molecule has 2 unspecified atom stereocenters. The van der Waals surface area contributed by atoms with E-state index in [1.165, 1.54) is 0 Å². The molecule has 0 saturated carbocycles. The zero-order chi connectivity index (χ0) is 8.36. The summed E-state index contributed by atoms with van der Waals surface area (Å²) in [6.07, 6.45) is 0. The summed E-state index contributed by atoms with van der Waals surface area (Å²) in [7, 11) is -2.30. The van der Waals surface area contributed by atoms with Crippen LogP contribution in [0.25, 0.3) is 0 Å². The summed E-state index contributed by atoms with van der Waals surface area (Å²) in [6, 6.07) is 0. The van der Waals surface area contributed by atoms with Gasteiger partial charge in [0.2, 0.25) is 0 Å². The normalized spacial score (nSPS) is 20.5. The lowest BCUT2D eigenvalue weighted by Gasteiger charge is -2.17. The molecule has 0 bridgehead atoms. The van der Waals surface area contributed by atoms with Crippen LogP contribution >= 0.6 is 0 Å². The van der Waals surface area contributed by atoms with Crippen molar-refractivity contribution in [2.24, 2.45) is 5.92 Å². The third-order valence-electron chi connectivity index (χ3n) is 1.97. The molecule has 0 saturated heterocycles. The van der Waals surface area contributed by atoms with Crippen molar-refractivity contribution in [2.45, 2.75) is 32.9 Å². The Morgan fingerprint density at radius 1 is 1.40 bits per heavy atom. The molecule has 0 aromatic rings. The van der Waals surface area contributed by atoms with E-state index in [1.807, 2.05) is 27.7 Å². The van der Waals surface area contributed by atoms with E-state index in [0.29, 0.717) is 11.7 Å². The van der Waals surface area contributed by atoms with Crippen LogP contribution in [0.15, 0.2) is 0 Å². The molecule has 10 heavy (non-hydrogen) atoms. The zero-order valence-corrected chi connectivity index (χ0v) is 7.99. The predicted octanol–water partition coefficient (Wildman–Crippen LogP) is 2.10. The molecule has 0 aliphatic rings. The minimum absolute atomic E-state index is 0.0255. The maximum Gasteiger partial charge on any atom is 0.0467 e. The van der Waals surface area contributed by atoms with Crippen LogP contribution in [0.2, 0.25) is 0 Å². The number of nitrogens with one attached hydrogen (secondary N) is 1. The van der Waals surface area contributed by atoms with Crippen molar-refractivity contribution in [1.82, 2.24) is 0 Å². The number of hydrogen-bond acceptors (Lipinski definition) is 2.